The number of thioether (sulfide) groups is 1. The minimum atomic E-state index is 0.0778. The lowest BCUT2D eigenvalue weighted by molar-refractivity contribution is 0.0760. The van der Waals surface area contributed by atoms with E-state index in [1.807, 2.05) is 53.4 Å². The molecule has 1 aliphatic heterocycles. The van der Waals surface area contributed by atoms with Gasteiger partial charge < -0.3 is 4.90 Å². The van der Waals surface area contributed by atoms with Crippen LogP contribution in [-0.4, -0.2) is 23.1 Å². The second-order valence-electron chi connectivity index (χ2n) is 4.78. The van der Waals surface area contributed by atoms with Crippen LogP contribution in [0.2, 0.25) is 5.02 Å². The molecule has 1 unspecified atom stereocenters. The predicted molar refractivity (Wildman–Crippen MR) is 96.8 cm³/mol. The van der Waals surface area contributed by atoms with Crippen LogP contribution in [0, 0.1) is 3.57 Å². The van der Waals surface area contributed by atoms with Crippen molar-refractivity contribution in [1.82, 2.24) is 4.90 Å². The van der Waals surface area contributed by atoms with Gasteiger partial charge in [0.1, 0.15) is 5.37 Å². The molecule has 1 fully saturated rings. The minimum Gasteiger partial charge on any atom is -0.322 e. The third kappa shape index (κ3) is 3.38. The summed E-state index contributed by atoms with van der Waals surface area (Å²) in [6.45, 7) is 0.781. The average Bonchev–Trinajstić information content (AvgIpc) is 2.97. The van der Waals surface area contributed by atoms with E-state index in [1.54, 1.807) is 11.8 Å². The van der Waals surface area contributed by atoms with Crippen LogP contribution in [0.25, 0.3) is 0 Å². The van der Waals surface area contributed by atoms with Crippen molar-refractivity contribution in [2.45, 2.75) is 5.37 Å². The summed E-state index contributed by atoms with van der Waals surface area (Å²) in [5.41, 5.74) is 1.87. The maximum absolute atomic E-state index is 12.7. The number of benzene rings is 2. The molecule has 2 nitrogen and oxygen atoms in total. The first kappa shape index (κ1) is 15.2. The quantitative estimate of drug-likeness (QED) is 0.637. The highest BCUT2D eigenvalue weighted by molar-refractivity contribution is 14.1. The molecule has 0 spiro atoms. The maximum Gasteiger partial charge on any atom is 0.255 e. The first-order valence-corrected chi connectivity index (χ1v) is 9.09. The number of hydrogen-bond donors (Lipinski definition) is 0. The van der Waals surface area contributed by atoms with E-state index in [4.69, 9.17) is 11.6 Å². The fraction of sp³-hybridized carbons (Fsp3) is 0.188. The Morgan fingerprint density at radius 3 is 2.48 bits per heavy atom. The second kappa shape index (κ2) is 6.58. The highest BCUT2D eigenvalue weighted by Gasteiger charge is 2.31. The van der Waals surface area contributed by atoms with E-state index in [9.17, 15) is 4.79 Å². The zero-order valence-corrected chi connectivity index (χ0v) is 14.9. The van der Waals surface area contributed by atoms with Gasteiger partial charge >= 0.3 is 0 Å². The van der Waals surface area contributed by atoms with Gasteiger partial charge in [0.05, 0.1) is 0 Å². The Hall–Kier alpha value is -0.720. The van der Waals surface area contributed by atoms with Crippen LogP contribution >= 0.6 is 46.0 Å². The second-order valence-corrected chi connectivity index (χ2v) is 7.65. The lowest BCUT2D eigenvalue weighted by Gasteiger charge is -2.24. The molecule has 3 rings (SSSR count). The molecule has 0 aromatic heterocycles. The van der Waals surface area contributed by atoms with Gasteiger partial charge in [0.25, 0.3) is 5.91 Å². The van der Waals surface area contributed by atoms with Crippen molar-refractivity contribution in [1.29, 1.82) is 0 Å². The van der Waals surface area contributed by atoms with Crippen molar-refractivity contribution < 1.29 is 4.79 Å². The molecular formula is C16H13ClINOS. The Kier molecular flexibility index (Phi) is 4.76. The summed E-state index contributed by atoms with van der Waals surface area (Å²) < 4.78 is 1.13. The third-order valence-electron chi connectivity index (χ3n) is 3.40. The smallest absolute Gasteiger partial charge is 0.255 e. The number of carbonyl (C=O) groups is 1. The van der Waals surface area contributed by atoms with Crippen molar-refractivity contribution in [2.75, 3.05) is 12.3 Å². The van der Waals surface area contributed by atoms with Crippen LogP contribution in [0.4, 0.5) is 0 Å². The van der Waals surface area contributed by atoms with Gasteiger partial charge in [-0.25, -0.2) is 0 Å². The summed E-state index contributed by atoms with van der Waals surface area (Å²) >= 11 is 9.98. The van der Waals surface area contributed by atoms with Crippen molar-refractivity contribution >= 4 is 51.9 Å². The molecule has 1 saturated heterocycles. The lowest BCUT2D eigenvalue weighted by Crippen LogP contribution is -2.30. The van der Waals surface area contributed by atoms with E-state index in [1.165, 1.54) is 0 Å². The van der Waals surface area contributed by atoms with Crippen LogP contribution in [0.15, 0.2) is 48.5 Å². The van der Waals surface area contributed by atoms with E-state index in [0.717, 1.165) is 32.0 Å². The van der Waals surface area contributed by atoms with Crippen LogP contribution in [-0.2, 0) is 0 Å². The number of rotatable bonds is 2. The number of nitrogens with zero attached hydrogens (tertiary/aromatic N) is 1. The summed E-state index contributed by atoms with van der Waals surface area (Å²) in [7, 11) is 0. The monoisotopic (exact) mass is 429 g/mol. The molecule has 5 heteroatoms. The largest absolute Gasteiger partial charge is 0.322 e. The Balaban J connectivity index is 1.85. The molecule has 21 heavy (non-hydrogen) atoms. The van der Waals surface area contributed by atoms with Gasteiger partial charge in [-0.15, -0.1) is 11.8 Å². The summed E-state index contributed by atoms with van der Waals surface area (Å²) in [6, 6.07) is 15.5. The zero-order chi connectivity index (χ0) is 14.8. The van der Waals surface area contributed by atoms with Crippen LogP contribution < -0.4 is 0 Å². The first-order chi connectivity index (χ1) is 10.1. The van der Waals surface area contributed by atoms with Gasteiger partial charge in [0, 0.05) is 26.5 Å². The molecule has 1 amide bonds. The van der Waals surface area contributed by atoms with Crippen molar-refractivity contribution in [2.24, 2.45) is 0 Å². The van der Waals surface area contributed by atoms with Crippen LogP contribution in [0.1, 0.15) is 21.3 Å². The topological polar surface area (TPSA) is 20.3 Å². The zero-order valence-electron chi connectivity index (χ0n) is 11.1. The normalized spacial score (nSPS) is 18.0. The van der Waals surface area contributed by atoms with E-state index >= 15 is 0 Å². The predicted octanol–water partition coefficient (Wildman–Crippen LogP) is 4.83. The average molecular weight is 430 g/mol. The molecule has 1 aliphatic rings. The van der Waals surface area contributed by atoms with Gasteiger partial charge in [-0.1, -0.05) is 23.7 Å². The molecule has 0 aliphatic carbocycles. The summed E-state index contributed by atoms with van der Waals surface area (Å²) in [5, 5.41) is 0.798. The molecule has 2 aromatic rings. The highest BCUT2D eigenvalue weighted by Crippen LogP contribution is 2.39. The Morgan fingerprint density at radius 1 is 1.14 bits per heavy atom. The van der Waals surface area contributed by atoms with Gasteiger partial charge in [-0.3, -0.25) is 4.79 Å². The molecule has 2 aromatic carbocycles. The van der Waals surface area contributed by atoms with Crippen LogP contribution in [0.5, 0.6) is 0 Å². The van der Waals surface area contributed by atoms with Crippen molar-refractivity contribution in [3.63, 3.8) is 0 Å². The van der Waals surface area contributed by atoms with Gasteiger partial charge in [0.2, 0.25) is 0 Å². The molecule has 0 bridgehead atoms. The molecular weight excluding hydrogens is 417 g/mol. The molecule has 0 N–H and O–H groups in total. The summed E-state index contributed by atoms with van der Waals surface area (Å²) in [4.78, 5) is 14.6. The SMILES string of the molecule is O=C(c1ccc(I)cc1)N1CCSC1c1ccc(Cl)cc1. The molecule has 0 radical (unpaired) electrons. The molecule has 108 valence electrons. The Labute approximate surface area is 147 Å². The summed E-state index contributed by atoms with van der Waals surface area (Å²) in [5.74, 6) is 1.06. The number of halogens is 2. The van der Waals surface area contributed by atoms with E-state index in [-0.39, 0.29) is 11.3 Å². The fourth-order valence-corrected chi connectivity index (χ4v) is 4.08. The number of hydrogen-bond acceptors (Lipinski definition) is 2. The standard InChI is InChI=1S/C16H13ClINOS/c17-13-5-1-12(2-6-13)16-19(9-10-21-16)15(20)11-3-7-14(18)8-4-11/h1-8,16H,9-10H2. The van der Waals surface area contributed by atoms with Gasteiger partial charge in [0.15, 0.2) is 0 Å². The third-order valence-corrected chi connectivity index (χ3v) is 5.63. The van der Waals surface area contributed by atoms with Crippen molar-refractivity contribution in [3.8, 4) is 0 Å². The molecule has 0 saturated carbocycles. The van der Waals surface area contributed by atoms with Gasteiger partial charge in [-0.2, -0.15) is 0 Å². The Morgan fingerprint density at radius 2 is 1.81 bits per heavy atom. The number of amides is 1. The van der Waals surface area contributed by atoms with Crippen LogP contribution in [0.3, 0.4) is 0 Å². The Bertz CT molecular complexity index is 644. The van der Waals surface area contributed by atoms with E-state index in [0.29, 0.717) is 0 Å². The molecule has 1 atom stereocenters. The lowest BCUT2D eigenvalue weighted by atomic mass is 10.1. The van der Waals surface area contributed by atoms with Gasteiger partial charge in [-0.05, 0) is 64.6 Å². The van der Waals surface area contributed by atoms with E-state index in [2.05, 4.69) is 22.6 Å². The van der Waals surface area contributed by atoms with E-state index < -0.39 is 0 Å². The first-order valence-electron chi connectivity index (χ1n) is 6.59. The summed E-state index contributed by atoms with van der Waals surface area (Å²) in [6.07, 6.45) is 0. The van der Waals surface area contributed by atoms with Crippen molar-refractivity contribution in [3.05, 3.63) is 68.3 Å². The highest BCUT2D eigenvalue weighted by atomic mass is 127. The molecule has 1 heterocycles. The number of carbonyl (C=O) groups excluding carboxylic acids is 1. The minimum absolute atomic E-state index is 0.0778. The maximum atomic E-state index is 12.7. The fourth-order valence-electron chi connectivity index (χ4n) is 2.34.